The van der Waals surface area contributed by atoms with Gasteiger partial charge in [-0.1, -0.05) is 23.2 Å². The van der Waals surface area contributed by atoms with Crippen LogP contribution in [0.5, 0.6) is 11.8 Å². The number of nitrogens with one attached hydrogen (secondary N) is 1. The highest BCUT2D eigenvalue weighted by molar-refractivity contribution is 6.42. The number of ether oxygens (including phenoxy) is 2. The van der Waals surface area contributed by atoms with Crippen LogP contribution in [0.2, 0.25) is 10.0 Å². The number of hydrogen-bond acceptors (Lipinski definition) is 5. The van der Waals surface area contributed by atoms with Gasteiger partial charge in [0.25, 0.3) is 0 Å². The molecule has 1 aromatic heterocycles. The zero-order valence-corrected chi connectivity index (χ0v) is 14.9. The average Bonchev–Trinajstić information content (AvgIpc) is 3.07. The van der Waals surface area contributed by atoms with Crippen LogP contribution in [0.15, 0.2) is 30.6 Å². The minimum absolute atomic E-state index is 0.152. The number of urea groups is 1. The number of carbonyl (C=O) groups excluding carboxylic acids is 1. The van der Waals surface area contributed by atoms with Crippen molar-refractivity contribution in [2.75, 3.05) is 25.5 Å². The lowest BCUT2D eigenvalue weighted by Crippen LogP contribution is -2.34. The molecular formula is C16H16Cl2N4O3. The number of likely N-dealkylation sites (tertiary alicyclic amines) is 1. The maximum Gasteiger partial charge on any atom is 0.321 e. The van der Waals surface area contributed by atoms with Gasteiger partial charge in [0.1, 0.15) is 6.10 Å². The summed E-state index contributed by atoms with van der Waals surface area (Å²) in [5.41, 5.74) is 0.586. The number of carbonyl (C=O) groups is 1. The SMILES string of the molecule is COc1cncc(OC2CCN(C(=O)Nc3ccc(Cl)c(Cl)c3)C2)n1. The number of anilines is 1. The number of methoxy groups -OCH3 is 1. The molecular weight excluding hydrogens is 367 g/mol. The quantitative estimate of drug-likeness (QED) is 0.875. The van der Waals surface area contributed by atoms with E-state index in [0.29, 0.717) is 47.0 Å². The predicted octanol–water partition coefficient (Wildman–Crippen LogP) is 3.48. The zero-order chi connectivity index (χ0) is 17.8. The van der Waals surface area contributed by atoms with Crippen molar-refractivity contribution in [3.63, 3.8) is 0 Å². The Labute approximate surface area is 154 Å². The highest BCUT2D eigenvalue weighted by atomic mass is 35.5. The van der Waals surface area contributed by atoms with Crippen molar-refractivity contribution in [3.8, 4) is 11.8 Å². The number of nitrogens with zero attached hydrogens (tertiary/aromatic N) is 3. The molecule has 1 fully saturated rings. The van der Waals surface area contributed by atoms with Gasteiger partial charge in [0.05, 0.1) is 36.1 Å². The molecule has 3 rings (SSSR count). The molecule has 0 saturated carbocycles. The second kappa shape index (κ2) is 7.76. The monoisotopic (exact) mass is 382 g/mol. The molecule has 0 bridgehead atoms. The number of amides is 2. The molecule has 7 nitrogen and oxygen atoms in total. The Morgan fingerprint density at radius 1 is 1.28 bits per heavy atom. The predicted molar refractivity (Wildman–Crippen MR) is 94.7 cm³/mol. The highest BCUT2D eigenvalue weighted by Crippen LogP contribution is 2.25. The van der Waals surface area contributed by atoms with Crippen LogP contribution in [-0.4, -0.2) is 47.2 Å². The topological polar surface area (TPSA) is 76.6 Å². The fourth-order valence-electron chi connectivity index (χ4n) is 2.44. The van der Waals surface area contributed by atoms with Gasteiger partial charge < -0.3 is 19.7 Å². The summed E-state index contributed by atoms with van der Waals surface area (Å²) in [6, 6.07) is 4.72. The summed E-state index contributed by atoms with van der Waals surface area (Å²) in [7, 11) is 1.51. The summed E-state index contributed by atoms with van der Waals surface area (Å²) in [5, 5.41) is 3.62. The number of halogens is 2. The number of benzene rings is 1. The smallest absolute Gasteiger partial charge is 0.321 e. The van der Waals surface area contributed by atoms with Gasteiger partial charge in [-0.15, -0.1) is 0 Å². The second-order valence-corrected chi connectivity index (χ2v) is 6.25. The van der Waals surface area contributed by atoms with E-state index in [1.807, 2.05) is 0 Å². The molecule has 1 aliphatic rings. The molecule has 1 unspecified atom stereocenters. The molecule has 2 aromatic rings. The number of aromatic nitrogens is 2. The molecule has 0 aliphatic carbocycles. The number of hydrogen-bond donors (Lipinski definition) is 1. The molecule has 2 amide bonds. The molecule has 1 saturated heterocycles. The molecule has 132 valence electrons. The molecule has 0 spiro atoms. The van der Waals surface area contributed by atoms with Crippen LogP contribution in [0.4, 0.5) is 10.5 Å². The van der Waals surface area contributed by atoms with E-state index in [0.717, 1.165) is 0 Å². The van der Waals surface area contributed by atoms with Crippen molar-refractivity contribution in [2.24, 2.45) is 0 Å². The Kier molecular flexibility index (Phi) is 5.45. The largest absolute Gasteiger partial charge is 0.480 e. The van der Waals surface area contributed by atoms with Crippen molar-refractivity contribution >= 4 is 34.9 Å². The maximum absolute atomic E-state index is 12.3. The first-order chi connectivity index (χ1) is 12.0. The minimum atomic E-state index is -0.221. The van der Waals surface area contributed by atoms with Gasteiger partial charge in [-0.25, -0.2) is 4.79 Å². The summed E-state index contributed by atoms with van der Waals surface area (Å²) >= 11 is 11.8. The normalized spacial score (nSPS) is 16.6. The van der Waals surface area contributed by atoms with Gasteiger partial charge in [-0.05, 0) is 18.2 Å². The molecule has 0 radical (unpaired) electrons. The molecule has 25 heavy (non-hydrogen) atoms. The zero-order valence-electron chi connectivity index (χ0n) is 13.4. The van der Waals surface area contributed by atoms with Gasteiger partial charge >= 0.3 is 6.03 Å². The molecule has 9 heteroatoms. The van der Waals surface area contributed by atoms with E-state index in [4.69, 9.17) is 32.7 Å². The third kappa shape index (κ3) is 4.43. The fraction of sp³-hybridized carbons (Fsp3) is 0.312. The maximum atomic E-state index is 12.3. The highest BCUT2D eigenvalue weighted by Gasteiger charge is 2.28. The van der Waals surface area contributed by atoms with E-state index in [-0.39, 0.29) is 12.1 Å². The average molecular weight is 383 g/mol. The van der Waals surface area contributed by atoms with E-state index < -0.39 is 0 Å². The Morgan fingerprint density at radius 3 is 2.84 bits per heavy atom. The Bertz CT molecular complexity index is 775. The van der Waals surface area contributed by atoms with Crippen molar-refractivity contribution in [2.45, 2.75) is 12.5 Å². The first-order valence-electron chi connectivity index (χ1n) is 7.59. The van der Waals surface area contributed by atoms with Crippen LogP contribution >= 0.6 is 23.2 Å². The van der Waals surface area contributed by atoms with Crippen molar-refractivity contribution in [1.82, 2.24) is 14.9 Å². The summed E-state index contributed by atoms with van der Waals surface area (Å²) in [6.07, 6.45) is 3.56. The Morgan fingerprint density at radius 2 is 2.08 bits per heavy atom. The first kappa shape index (κ1) is 17.6. The summed E-state index contributed by atoms with van der Waals surface area (Å²) in [6.45, 7) is 1.03. The van der Waals surface area contributed by atoms with Crippen molar-refractivity contribution in [3.05, 3.63) is 40.6 Å². The standard InChI is InChI=1S/C16H16Cl2N4O3/c1-24-14-7-19-8-15(21-14)25-11-4-5-22(9-11)16(23)20-10-2-3-12(17)13(18)6-10/h2-3,6-8,11H,4-5,9H2,1H3,(H,20,23). The van der Waals surface area contributed by atoms with Crippen LogP contribution in [0.1, 0.15) is 6.42 Å². The van der Waals surface area contributed by atoms with E-state index in [1.165, 1.54) is 19.5 Å². The fourth-order valence-corrected chi connectivity index (χ4v) is 2.74. The summed E-state index contributed by atoms with van der Waals surface area (Å²) in [5.74, 6) is 0.751. The molecule has 1 N–H and O–H groups in total. The van der Waals surface area contributed by atoms with Crippen LogP contribution < -0.4 is 14.8 Å². The lowest BCUT2D eigenvalue weighted by atomic mass is 10.3. The second-order valence-electron chi connectivity index (χ2n) is 5.43. The third-order valence-electron chi connectivity index (χ3n) is 3.69. The first-order valence-corrected chi connectivity index (χ1v) is 8.34. The number of rotatable bonds is 4. The van der Waals surface area contributed by atoms with Crippen molar-refractivity contribution in [1.29, 1.82) is 0 Å². The van der Waals surface area contributed by atoms with Crippen molar-refractivity contribution < 1.29 is 14.3 Å². The van der Waals surface area contributed by atoms with Crippen LogP contribution in [0.3, 0.4) is 0 Å². The lowest BCUT2D eigenvalue weighted by molar-refractivity contribution is 0.188. The summed E-state index contributed by atoms with van der Waals surface area (Å²) < 4.78 is 10.8. The lowest BCUT2D eigenvalue weighted by Gasteiger charge is -2.18. The molecule has 1 aromatic carbocycles. The van der Waals surface area contributed by atoms with E-state index in [9.17, 15) is 4.79 Å². The molecule has 2 heterocycles. The van der Waals surface area contributed by atoms with Gasteiger partial charge in [0.2, 0.25) is 11.8 Å². The van der Waals surface area contributed by atoms with Gasteiger partial charge in [0, 0.05) is 18.7 Å². The summed E-state index contributed by atoms with van der Waals surface area (Å²) in [4.78, 5) is 22.2. The Balaban J connectivity index is 1.56. The van der Waals surface area contributed by atoms with E-state index >= 15 is 0 Å². The minimum Gasteiger partial charge on any atom is -0.480 e. The van der Waals surface area contributed by atoms with E-state index in [2.05, 4.69) is 15.3 Å². The van der Waals surface area contributed by atoms with Crippen LogP contribution in [0, 0.1) is 0 Å². The van der Waals surface area contributed by atoms with E-state index in [1.54, 1.807) is 23.1 Å². The van der Waals surface area contributed by atoms with Gasteiger partial charge in [0.15, 0.2) is 0 Å². The Hall–Kier alpha value is -2.25. The molecule has 1 aliphatic heterocycles. The molecule has 1 atom stereocenters. The van der Waals surface area contributed by atoms with Crippen LogP contribution in [0.25, 0.3) is 0 Å². The van der Waals surface area contributed by atoms with Crippen LogP contribution in [-0.2, 0) is 0 Å². The van der Waals surface area contributed by atoms with Gasteiger partial charge in [-0.2, -0.15) is 4.98 Å². The third-order valence-corrected chi connectivity index (χ3v) is 4.43. The van der Waals surface area contributed by atoms with Gasteiger partial charge in [-0.3, -0.25) is 4.98 Å².